The zero-order chi connectivity index (χ0) is 13.8. The maximum Gasteiger partial charge on any atom is 0.335 e. The zero-order valence-corrected chi connectivity index (χ0v) is 10.3. The highest BCUT2D eigenvalue weighted by molar-refractivity contribution is 6.29. The Labute approximate surface area is 113 Å². The van der Waals surface area contributed by atoms with Gasteiger partial charge >= 0.3 is 5.97 Å². The molecule has 6 nitrogen and oxygen atoms in total. The van der Waals surface area contributed by atoms with E-state index in [0.29, 0.717) is 5.69 Å². The van der Waals surface area contributed by atoms with Crippen molar-refractivity contribution in [3.05, 3.63) is 53.1 Å². The number of aromatic carboxylic acids is 1. The van der Waals surface area contributed by atoms with Crippen LogP contribution in [0.2, 0.25) is 5.15 Å². The van der Waals surface area contributed by atoms with Gasteiger partial charge in [0.05, 0.1) is 18.0 Å². The molecule has 0 saturated carbocycles. The third-order valence-corrected chi connectivity index (χ3v) is 2.42. The number of nitrogens with one attached hydrogen (secondary N) is 1. The number of carboxylic acid groups (broad SMARTS) is 1. The number of benzene rings is 1. The number of hydrogen-bond acceptors (Lipinski definition) is 4. The van der Waals surface area contributed by atoms with E-state index in [1.807, 2.05) is 0 Å². The third-order valence-electron chi connectivity index (χ3n) is 2.22. The van der Waals surface area contributed by atoms with Crippen LogP contribution in [0.1, 0.15) is 20.8 Å². The zero-order valence-electron chi connectivity index (χ0n) is 9.50. The molecule has 1 heterocycles. The highest BCUT2D eigenvalue weighted by Crippen LogP contribution is 2.12. The fourth-order valence-corrected chi connectivity index (χ4v) is 1.45. The largest absolute Gasteiger partial charge is 0.478 e. The first-order valence-electron chi connectivity index (χ1n) is 5.18. The van der Waals surface area contributed by atoms with E-state index in [0.717, 1.165) is 0 Å². The molecule has 0 fully saturated rings. The molecule has 0 aliphatic rings. The second kappa shape index (κ2) is 5.45. The summed E-state index contributed by atoms with van der Waals surface area (Å²) in [6.07, 6.45) is 2.49. The molecule has 19 heavy (non-hydrogen) atoms. The summed E-state index contributed by atoms with van der Waals surface area (Å²) in [7, 11) is 0. The molecule has 1 amide bonds. The summed E-state index contributed by atoms with van der Waals surface area (Å²) in [6.45, 7) is 0. The molecular weight excluding hydrogens is 270 g/mol. The number of rotatable bonds is 3. The average Bonchev–Trinajstić information content (AvgIpc) is 2.39. The fraction of sp³-hybridized carbons (Fsp3) is 0. The normalized spacial score (nSPS) is 9.95. The number of anilines is 1. The number of nitrogens with zero attached hydrogens (tertiary/aromatic N) is 2. The van der Waals surface area contributed by atoms with Crippen molar-refractivity contribution < 1.29 is 14.7 Å². The summed E-state index contributed by atoms with van der Waals surface area (Å²) in [5.74, 6) is -1.56. The van der Waals surface area contributed by atoms with Crippen LogP contribution in [-0.4, -0.2) is 27.0 Å². The highest BCUT2D eigenvalue weighted by Gasteiger charge is 2.09. The van der Waals surface area contributed by atoms with Crippen molar-refractivity contribution in [1.29, 1.82) is 0 Å². The van der Waals surface area contributed by atoms with Gasteiger partial charge in [0, 0.05) is 5.69 Å². The molecule has 2 N–H and O–H groups in total. The van der Waals surface area contributed by atoms with Crippen molar-refractivity contribution in [3.8, 4) is 0 Å². The number of aromatic nitrogens is 2. The summed E-state index contributed by atoms with van der Waals surface area (Å²) >= 11 is 5.56. The Morgan fingerprint density at radius 3 is 2.63 bits per heavy atom. The van der Waals surface area contributed by atoms with E-state index in [1.165, 1.54) is 30.6 Å². The molecule has 0 unspecified atom stereocenters. The maximum absolute atomic E-state index is 11.8. The SMILES string of the molecule is O=C(O)c1cccc(NC(=O)c2cnc(Cl)cn2)c1. The van der Waals surface area contributed by atoms with Gasteiger partial charge in [-0.25, -0.2) is 14.8 Å². The molecule has 0 radical (unpaired) electrons. The van der Waals surface area contributed by atoms with Crippen LogP contribution < -0.4 is 5.32 Å². The Balaban J connectivity index is 2.17. The number of carbonyl (C=O) groups excluding carboxylic acids is 1. The molecule has 0 aliphatic heterocycles. The minimum atomic E-state index is -1.07. The van der Waals surface area contributed by atoms with Gasteiger partial charge in [-0.15, -0.1) is 0 Å². The lowest BCUT2D eigenvalue weighted by Crippen LogP contribution is -2.14. The van der Waals surface area contributed by atoms with Crippen LogP contribution >= 0.6 is 11.6 Å². The second-order valence-corrected chi connectivity index (χ2v) is 3.95. The van der Waals surface area contributed by atoms with Crippen LogP contribution in [-0.2, 0) is 0 Å². The van der Waals surface area contributed by atoms with Crippen molar-refractivity contribution in [1.82, 2.24) is 9.97 Å². The van der Waals surface area contributed by atoms with Gasteiger partial charge in [-0.1, -0.05) is 17.7 Å². The van der Waals surface area contributed by atoms with E-state index in [2.05, 4.69) is 15.3 Å². The monoisotopic (exact) mass is 277 g/mol. The Morgan fingerprint density at radius 2 is 2.00 bits per heavy atom. The van der Waals surface area contributed by atoms with Crippen molar-refractivity contribution in [2.75, 3.05) is 5.32 Å². The molecule has 1 aromatic heterocycles. The van der Waals surface area contributed by atoms with Crippen LogP contribution in [0.25, 0.3) is 0 Å². The van der Waals surface area contributed by atoms with Crippen molar-refractivity contribution >= 4 is 29.2 Å². The van der Waals surface area contributed by atoms with Gasteiger partial charge in [0.25, 0.3) is 5.91 Å². The summed E-state index contributed by atoms with van der Waals surface area (Å²) < 4.78 is 0. The van der Waals surface area contributed by atoms with Crippen LogP contribution in [0.3, 0.4) is 0 Å². The van der Waals surface area contributed by atoms with Gasteiger partial charge < -0.3 is 10.4 Å². The maximum atomic E-state index is 11.8. The Morgan fingerprint density at radius 1 is 1.21 bits per heavy atom. The number of halogens is 1. The number of hydrogen-bond donors (Lipinski definition) is 2. The summed E-state index contributed by atoms with van der Waals surface area (Å²) in [5.41, 5.74) is 0.534. The number of carbonyl (C=O) groups is 2. The number of carboxylic acids is 1. The van der Waals surface area contributed by atoms with Gasteiger partial charge in [0.1, 0.15) is 10.8 Å². The van der Waals surface area contributed by atoms with Gasteiger partial charge in [-0.3, -0.25) is 4.79 Å². The molecule has 96 valence electrons. The lowest BCUT2D eigenvalue weighted by Gasteiger charge is -2.05. The Kier molecular flexibility index (Phi) is 3.72. The first-order chi connectivity index (χ1) is 9.06. The molecule has 0 saturated heterocycles. The molecule has 0 aliphatic carbocycles. The van der Waals surface area contributed by atoms with Crippen LogP contribution in [0.4, 0.5) is 5.69 Å². The standard InChI is InChI=1S/C12H8ClN3O3/c13-10-6-14-9(5-15-10)11(17)16-8-3-1-2-7(4-8)12(18)19/h1-6H,(H,16,17)(H,18,19). The van der Waals surface area contributed by atoms with Crippen molar-refractivity contribution in [3.63, 3.8) is 0 Å². The van der Waals surface area contributed by atoms with E-state index in [1.54, 1.807) is 6.07 Å². The van der Waals surface area contributed by atoms with Crippen LogP contribution in [0.5, 0.6) is 0 Å². The van der Waals surface area contributed by atoms with Gasteiger partial charge in [0.15, 0.2) is 0 Å². The molecule has 0 bridgehead atoms. The molecule has 7 heteroatoms. The first kappa shape index (κ1) is 13.0. The summed E-state index contributed by atoms with van der Waals surface area (Å²) in [6, 6.07) is 5.89. The topological polar surface area (TPSA) is 92.2 Å². The summed E-state index contributed by atoms with van der Waals surface area (Å²) in [4.78, 5) is 30.1. The van der Waals surface area contributed by atoms with Gasteiger partial charge in [-0.05, 0) is 18.2 Å². The third kappa shape index (κ3) is 3.26. The Hall–Kier alpha value is -2.47. The predicted octanol–water partition coefficient (Wildman–Crippen LogP) is 2.08. The predicted molar refractivity (Wildman–Crippen MR) is 68.4 cm³/mol. The lowest BCUT2D eigenvalue weighted by atomic mass is 10.2. The van der Waals surface area contributed by atoms with Crippen LogP contribution in [0.15, 0.2) is 36.7 Å². The molecule has 2 aromatic rings. The van der Waals surface area contributed by atoms with Gasteiger partial charge in [0.2, 0.25) is 0 Å². The van der Waals surface area contributed by atoms with Gasteiger partial charge in [-0.2, -0.15) is 0 Å². The second-order valence-electron chi connectivity index (χ2n) is 3.56. The molecule has 1 aromatic carbocycles. The molecular formula is C12H8ClN3O3. The highest BCUT2D eigenvalue weighted by atomic mass is 35.5. The smallest absolute Gasteiger partial charge is 0.335 e. The minimum absolute atomic E-state index is 0.0833. The lowest BCUT2D eigenvalue weighted by molar-refractivity contribution is 0.0696. The Bertz CT molecular complexity index is 628. The van der Waals surface area contributed by atoms with E-state index in [-0.39, 0.29) is 16.4 Å². The molecule has 2 rings (SSSR count). The number of amides is 1. The average molecular weight is 278 g/mol. The first-order valence-corrected chi connectivity index (χ1v) is 5.56. The van der Waals surface area contributed by atoms with E-state index in [4.69, 9.17) is 16.7 Å². The van der Waals surface area contributed by atoms with Crippen molar-refractivity contribution in [2.45, 2.75) is 0 Å². The van der Waals surface area contributed by atoms with Crippen LogP contribution in [0, 0.1) is 0 Å². The summed E-state index contributed by atoms with van der Waals surface area (Å²) in [5, 5.41) is 11.6. The quantitative estimate of drug-likeness (QED) is 0.896. The molecule has 0 spiro atoms. The minimum Gasteiger partial charge on any atom is -0.478 e. The van der Waals surface area contributed by atoms with E-state index in [9.17, 15) is 9.59 Å². The van der Waals surface area contributed by atoms with E-state index < -0.39 is 11.9 Å². The van der Waals surface area contributed by atoms with E-state index >= 15 is 0 Å². The van der Waals surface area contributed by atoms with Crippen molar-refractivity contribution in [2.24, 2.45) is 0 Å². The fourth-order valence-electron chi connectivity index (χ4n) is 1.35. The molecule has 0 atom stereocenters.